The zero-order valence-corrected chi connectivity index (χ0v) is 18.4. The molecule has 0 aliphatic rings. The SMILES string of the molecule is Cc1ccc(N)cc1C.Cc1ccccc1C.O=N[O-].O=[P+]([O-])OO.[HH].[Na+]. The Hall–Kier alpha value is -1.38. The van der Waals surface area contributed by atoms with Crippen LogP contribution in [-0.2, 0) is 9.24 Å². The van der Waals surface area contributed by atoms with E-state index in [1.807, 2.05) is 18.2 Å². The van der Waals surface area contributed by atoms with Crippen molar-refractivity contribution in [2.45, 2.75) is 27.7 Å². The van der Waals surface area contributed by atoms with Gasteiger partial charge in [0.2, 0.25) is 0 Å². The average molecular weight is 394 g/mol. The fourth-order valence-electron chi connectivity index (χ4n) is 1.43. The van der Waals surface area contributed by atoms with Gasteiger partial charge < -0.3 is 20.7 Å². The maximum Gasteiger partial charge on any atom is 1.00 e. The summed E-state index contributed by atoms with van der Waals surface area (Å²) < 4.78 is 11.6. The van der Waals surface area contributed by atoms with Crippen molar-refractivity contribution in [1.29, 1.82) is 0 Å². The van der Waals surface area contributed by atoms with Crippen molar-refractivity contribution in [3.05, 3.63) is 74.8 Å². The van der Waals surface area contributed by atoms with E-state index in [1.165, 1.54) is 22.3 Å². The van der Waals surface area contributed by atoms with Crippen LogP contribution in [-0.4, -0.2) is 5.26 Å². The molecule has 140 valence electrons. The van der Waals surface area contributed by atoms with Crippen LogP contribution in [0.3, 0.4) is 0 Å². The molecule has 0 saturated heterocycles. The van der Waals surface area contributed by atoms with Gasteiger partial charge in [0.05, 0.1) is 0 Å². The van der Waals surface area contributed by atoms with Crippen molar-refractivity contribution < 1.29 is 50.4 Å². The van der Waals surface area contributed by atoms with Gasteiger partial charge in [-0.1, -0.05) is 30.3 Å². The summed E-state index contributed by atoms with van der Waals surface area (Å²) in [6, 6.07) is 14.3. The first-order chi connectivity index (χ1) is 11.7. The number of hydrogen-bond donors (Lipinski definition) is 2. The van der Waals surface area contributed by atoms with E-state index in [9.17, 15) is 0 Å². The molecule has 3 N–H and O–H groups in total. The minimum Gasteiger partial charge on any atom is -0.565 e. The average Bonchev–Trinajstić information content (AvgIpc) is 2.56. The quantitative estimate of drug-likeness (QED) is 0.184. The first-order valence-electron chi connectivity index (χ1n) is 6.95. The van der Waals surface area contributed by atoms with Crippen LogP contribution in [0.25, 0.3) is 0 Å². The summed E-state index contributed by atoms with van der Waals surface area (Å²) in [5.41, 5.74) is 11.7. The van der Waals surface area contributed by atoms with Crippen LogP contribution in [0.5, 0.6) is 0 Å². The Kier molecular flexibility index (Phi) is 20.8. The molecule has 8 nitrogen and oxygen atoms in total. The molecule has 0 aliphatic heterocycles. The van der Waals surface area contributed by atoms with Crippen LogP contribution < -0.4 is 40.2 Å². The molecular formula is C16H24N2NaO6P. The van der Waals surface area contributed by atoms with Gasteiger partial charge in [-0.25, -0.2) is 5.26 Å². The summed E-state index contributed by atoms with van der Waals surface area (Å²) in [5, 5.41) is 16.0. The summed E-state index contributed by atoms with van der Waals surface area (Å²) in [6.45, 7) is 8.38. The summed E-state index contributed by atoms with van der Waals surface area (Å²) in [5.74, 6) is 0. The van der Waals surface area contributed by atoms with Crippen LogP contribution in [0, 0.1) is 37.8 Å². The van der Waals surface area contributed by atoms with Crippen LogP contribution >= 0.6 is 8.25 Å². The maximum atomic E-state index is 8.93. The van der Waals surface area contributed by atoms with Gasteiger partial charge in [-0.3, -0.25) is 0 Å². The van der Waals surface area contributed by atoms with Gasteiger partial charge in [-0.05, 0) is 66.6 Å². The van der Waals surface area contributed by atoms with Gasteiger partial charge >= 0.3 is 37.8 Å². The Morgan fingerprint density at radius 3 is 1.62 bits per heavy atom. The first kappa shape index (κ1) is 29.4. The second-order valence-electron chi connectivity index (χ2n) is 4.81. The Balaban J connectivity index is -0.000000136. The molecule has 1 unspecified atom stereocenters. The van der Waals surface area contributed by atoms with E-state index in [4.69, 9.17) is 30.6 Å². The van der Waals surface area contributed by atoms with Crippen LogP contribution in [0.4, 0.5) is 5.69 Å². The normalized spacial score (nSPS) is 8.77. The van der Waals surface area contributed by atoms with Gasteiger partial charge in [0.15, 0.2) is 0 Å². The molecule has 0 radical (unpaired) electrons. The zero-order chi connectivity index (χ0) is 19.8. The molecule has 2 aromatic rings. The molecule has 0 spiro atoms. The molecule has 0 amide bonds. The number of nitrogens with zero attached hydrogens (tertiary/aromatic N) is 1. The summed E-state index contributed by atoms with van der Waals surface area (Å²) in [7, 11) is -3.04. The first-order valence-corrected chi connectivity index (χ1v) is 8.04. The Morgan fingerprint density at radius 1 is 1.04 bits per heavy atom. The van der Waals surface area contributed by atoms with Gasteiger partial charge in [-0.2, -0.15) is 0 Å². The van der Waals surface area contributed by atoms with Crippen molar-refractivity contribution in [3.63, 3.8) is 0 Å². The summed E-state index contributed by atoms with van der Waals surface area (Å²) in [6.07, 6.45) is 0. The third kappa shape index (κ3) is 17.4. The van der Waals surface area contributed by atoms with Gasteiger partial charge in [-0.15, -0.1) is 5.34 Å². The molecule has 26 heavy (non-hydrogen) atoms. The van der Waals surface area contributed by atoms with Gasteiger partial charge in [0.25, 0.3) is 0 Å². The number of hydrogen-bond acceptors (Lipinski definition) is 8. The fourth-order valence-corrected chi connectivity index (χ4v) is 1.43. The van der Waals surface area contributed by atoms with Crippen LogP contribution in [0.15, 0.2) is 47.8 Å². The number of nitrogen functional groups attached to an aromatic ring is 1. The Bertz CT molecular complexity index is 644. The van der Waals surface area contributed by atoms with E-state index in [2.05, 4.69) is 56.6 Å². The second-order valence-corrected chi connectivity index (χ2v) is 5.42. The van der Waals surface area contributed by atoms with Crippen molar-refractivity contribution in [2.75, 3.05) is 5.73 Å². The Labute approximate surface area is 177 Å². The number of rotatable bonds is 1. The topological polar surface area (TPSA) is 148 Å². The van der Waals surface area contributed by atoms with Crippen molar-refractivity contribution in [3.8, 4) is 0 Å². The van der Waals surface area contributed by atoms with E-state index in [0.29, 0.717) is 0 Å². The number of benzene rings is 2. The van der Waals surface area contributed by atoms with E-state index < -0.39 is 8.25 Å². The maximum absolute atomic E-state index is 8.93. The predicted octanol–water partition coefficient (Wildman–Crippen LogP) is 1.18. The monoisotopic (exact) mass is 394 g/mol. The van der Waals surface area contributed by atoms with E-state index in [0.717, 1.165) is 11.0 Å². The Morgan fingerprint density at radius 2 is 1.38 bits per heavy atom. The predicted molar refractivity (Wildman–Crippen MR) is 98.8 cm³/mol. The smallest absolute Gasteiger partial charge is 0.565 e. The molecule has 1 atom stereocenters. The minimum absolute atomic E-state index is 0. The summed E-state index contributed by atoms with van der Waals surface area (Å²) >= 11 is 0. The van der Waals surface area contributed by atoms with E-state index in [-0.39, 0.29) is 31.0 Å². The molecule has 10 heteroatoms. The molecule has 2 rings (SSSR count). The van der Waals surface area contributed by atoms with Gasteiger partial charge in [0.1, 0.15) is 0 Å². The molecule has 0 bridgehead atoms. The largest absolute Gasteiger partial charge is 1.00 e. The van der Waals surface area contributed by atoms with Crippen LogP contribution in [0.1, 0.15) is 23.7 Å². The molecule has 0 aromatic heterocycles. The van der Waals surface area contributed by atoms with Crippen molar-refractivity contribution in [1.82, 2.24) is 0 Å². The fraction of sp³-hybridized carbons (Fsp3) is 0.250. The zero-order valence-electron chi connectivity index (χ0n) is 15.5. The van der Waals surface area contributed by atoms with E-state index in [1.54, 1.807) is 0 Å². The molecule has 0 heterocycles. The second kappa shape index (κ2) is 18.4. The van der Waals surface area contributed by atoms with Crippen molar-refractivity contribution >= 4 is 13.9 Å². The number of anilines is 1. The minimum atomic E-state index is -3.04. The molecule has 0 saturated carbocycles. The van der Waals surface area contributed by atoms with Gasteiger partial charge in [0, 0.05) is 11.8 Å². The molecular weight excluding hydrogens is 370 g/mol. The van der Waals surface area contributed by atoms with E-state index >= 15 is 0 Å². The number of nitrogens with two attached hydrogens (primary N) is 1. The molecule has 2 aromatic carbocycles. The molecule has 0 aliphatic carbocycles. The summed E-state index contributed by atoms with van der Waals surface area (Å²) in [4.78, 5) is 16.9. The third-order valence-corrected chi connectivity index (χ3v) is 3.16. The standard InChI is InChI=1S/C8H11N.C8H10.HNO2.Na.HO4P.H2/c1-6-3-4-8(9)5-7(6)2;1-7-5-3-4-6-8(7)2;2-1-3;;1-4-5(2)3;/h3-5H,9H2,1-2H3;3-6H,1-2H3;(H,2,3);;1H;1H/q;;;+1;;/p-1. The molecule has 0 fully saturated rings. The van der Waals surface area contributed by atoms with Crippen molar-refractivity contribution in [2.24, 2.45) is 5.34 Å². The third-order valence-electron chi connectivity index (χ3n) is 3.02. The number of aryl methyl sites for hydroxylation is 4. The van der Waals surface area contributed by atoms with Crippen LogP contribution in [0.2, 0.25) is 0 Å².